The zero-order valence-electron chi connectivity index (χ0n) is 13.7. The Labute approximate surface area is 137 Å². The summed E-state index contributed by atoms with van der Waals surface area (Å²) in [6, 6.07) is 8.04. The van der Waals surface area contributed by atoms with Gasteiger partial charge in [-0.1, -0.05) is 24.6 Å². The summed E-state index contributed by atoms with van der Waals surface area (Å²) in [5.74, 6) is 1.35. The molecule has 0 spiro atoms. The Morgan fingerprint density at radius 3 is 2.78 bits per heavy atom. The van der Waals surface area contributed by atoms with Gasteiger partial charge in [-0.2, -0.15) is 0 Å². The number of nitrogens with one attached hydrogen (secondary N) is 1. The minimum atomic E-state index is 0.0443. The van der Waals surface area contributed by atoms with Gasteiger partial charge in [0.05, 0.1) is 7.11 Å². The lowest BCUT2D eigenvalue weighted by atomic mass is 9.84. The minimum Gasteiger partial charge on any atom is -0.496 e. The smallest absolute Gasteiger partial charge is 0.223 e. The van der Waals surface area contributed by atoms with E-state index in [9.17, 15) is 9.90 Å². The first-order chi connectivity index (χ1) is 11.2. The van der Waals surface area contributed by atoms with Crippen molar-refractivity contribution in [3.63, 3.8) is 0 Å². The van der Waals surface area contributed by atoms with Gasteiger partial charge in [0.1, 0.15) is 5.75 Å². The first kappa shape index (κ1) is 16.3. The highest BCUT2D eigenvalue weighted by Crippen LogP contribution is 2.28. The molecule has 1 saturated carbocycles. The van der Waals surface area contributed by atoms with Crippen molar-refractivity contribution in [1.29, 1.82) is 0 Å². The van der Waals surface area contributed by atoms with Gasteiger partial charge in [-0.3, -0.25) is 9.69 Å². The molecule has 1 aromatic rings. The van der Waals surface area contributed by atoms with Gasteiger partial charge in [-0.05, 0) is 18.9 Å². The van der Waals surface area contributed by atoms with E-state index in [1.54, 1.807) is 7.11 Å². The Bertz CT molecular complexity index is 545. The van der Waals surface area contributed by atoms with E-state index in [-0.39, 0.29) is 30.4 Å². The SMILES string of the molecule is COc1ccccc1CN1C[C@@H](CO)[C@H](NC(=O)C2CCC2)C1. The largest absolute Gasteiger partial charge is 0.496 e. The van der Waals surface area contributed by atoms with Crippen LogP contribution in [-0.4, -0.2) is 48.8 Å². The second-order valence-corrected chi connectivity index (χ2v) is 6.69. The molecular weight excluding hydrogens is 292 g/mol. The van der Waals surface area contributed by atoms with Crippen LogP contribution in [0.15, 0.2) is 24.3 Å². The van der Waals surface area contributed by atoms with Crippen molar-refractivity contribution in [3.8, 4) is 5.75 Å². The Balaban J connectivity index is 1.60. The Morgan fingerprint density at radius 1 is 1.35 bits per heavy atom. The summed E-state index contributed by atoms with van der Waals surface area (Å²) in [5, 5.41) is 12.8. The number of methoxy groups -OCH3 is 1. The number of aliphatic hydroxyl groups is 1. The summed E-state index contributed by atoms with van der Waals surface area (Å²) in [7, 11) is 1.68. The van der Waals surface area contributed by atoms with E-state index in [0.717, 1.165) is 50.2 Å². The van der Waals surface area contributed by atoms with Crippen LogP contribution in [0.5, 0.6) is 5.75 Å². The fourth-order valence-electron chi connectivity index (χ4n) is 3.48. The summed E-state index contributed by atoms with van der Waals surface area (Å²) < 4.78 is 5.41. The maximum Gasteiger partial charge on any atom is 0.223 e. The van der Waals surface area contributed by atoms with Gasteiger partial charge in [0.15, 0.2) is 0 Å². The number of likely N-dealkylation sites (tertiary alicyclic amines) is 1. The maximum absolute atomic E-state index is 12.2. The number of carbonyl (C=O) groups is 1. The molecule has 1 amide bonds. The maximum atomic E-state index is 12.2. The predicted octanol–water partition coefficient (Wildman–Crippen LogP) is 1.40. The molecule has 1 aliphatic heterocycles. The lowest BCUT2D eigenvalue weighted by Crippen LogP contribution is -2.45. The average Bonchev–Trinajstić information content (AvgIpc) is 2.87. The minimum absolute atomic E-state index is 0.0443. The lowest BCUT2D eigenvalue weighted by molar-refractivity contribution is -0.128. The average molecular weight is 318 g/mol. The van der Waals surface area contributed by atoms with Crippen LogP contribution in [-0.2, 0) is 11.3 Å². The molecule has 2 atom stereocenters. The number of nitrogens with zero attached hydrogens (tertiary/aromatic N) is 1. The van der Waals surface area contributed by atoms with Crippen LogP contribution in [0.4, 0.5) is 0 Å². The number of ether oxygens (including phenoxy) is 1. The van der Waals surface area contributed by atoms with Crippen molar-refractivity contribution in [1.82, 2.24) is 10.2 Å². The third-order valence-corrected chi connectivity index (χ3v) is 5.14. The summed E-state index contributed by atoms with van der Waals surface area (Å²) in [6.07, 6.45) is 3.17. The number of rotatable bonds is 6. The fraction of sp³-hybridized carbons (Fsp3) is 0.611. The zero-order valence-corrected chi connectivity index (χ0v) is 13.7. The van der Waals surface area contributed by atoms with Crippen LogP contribution >= 0.6 is 0 Å². The molecule has 0 bridgehead atoms. The normalized spacial score (nSPS) is 25.1. The topological polar surface area (TPSA) is 61.8 Å². The van der Waals surface area contributed by atoms with E-state index < -0.39 is 0 Å². The first-order valence-electron chi connectivity index (χ1n) is 8.46. The number of aliphatic hydroxyl groups excluding tert-OH is 1. The van der Waals surface area contributed by atoms with Gasteiger partial charge >= 0.3 is 0 Å². The molecule has 23 heavy (non-hydrogen) atoms. The Kier molecular flexibility index (Phi) is 5.18. The van der Waals surface area contributed by atoms with E-state index in [1.165, 1.54) is 0 Å². The third-order valence-electron chi connectivity index (χ3n) is 5.14. The van der Waals surface area contributed by atoms with Crippen molar-refractivity contribution in [2.45, 2.75) is 31.8 Å². The van der Waals surface area contributed by atoms with Gasteiger partial charge in [0, 0.05) is 49.7 Å². The van der Waals surface area contributed by atoms with E-state index in [1.807, 2.05) is 18.2 Å². The quantitative estimate of drug-likeness (QED) is 0.832. The monoisotopic (exact) mass is 318 g/mol. The molecule has 1 aliphatic carbocycles. The molecule has 0 unspecified atom stereocenters. The van der Waals surface area contributed by atoms with Gasteiger partial charge in [-0.25, -0.2) is 0 Å². The van der Waals surface area contributed by atoms with Crippen LogP contribution in [0, 0.1) is 11.8 Å². The highest BCUT2D eigenvalue weighted by Gasteiger charge is 2.35. The summed E-state index contributed by atoms with van der Waals surface area (Å²) >= 11 is 0. The molecule has 0 radical (unpaired) electrons. The standard InChI is InChI=1S/C18H26N2O3/c1-23-17-8-3-2-5-14(17)9-20-10-15(12-21)16(11-20)19-18(22)13-6-4-7-13/h2-3,5,8,13,15-16,21H,4,6-7,9-12H2,1H3,(H,19,22)/t15-,16+/m0/s1. The number of benzene rings is 1. The van der Waals surface area contributed by atoms with Gasteiger partial charge in [0.25, 0.3) is 0 Å². The van der Waals surface area contributed by atoms with Crippen molar-refractivity contribution >= 4 is 5.91 Å². The fourth-order valence-corrected chi connectivity index (χ4v) is 3.48. The predicted molar refractivity (Wildman–Crippen MR) is 88.1 cm³/mol. The van der Waals surface area contributed by atoms with Gasteiger partial charge in [-0.15, -0.1) is 0 Å². The second kappa shape index (κ2) is 7.32. The summed E-state index contributed by atoms with van der Waals surface area (Å²) in [6.45, 7) is 2.46. The van der Waals surface area contributed by atoms with E-state index in [4.69, 9.17) is 4.74 Å². The number of para-hydroxylation sites is 1. The molecular formula is C18H26N2O3. The number of hydrogen-bond acceptors (Lipinski definition) is 4. The highest BCUT2D eigenvalue weighted by molar-refractivity contribution is 5.79. The van der Waals surface area contributed by atoms with Gasteiger partial charge in [0.2, 0.25) is 5.91 Å². The van der Waals surface area contributed by atoms with Crippen LogP contribution in [0.25, 0.3) is 0 Å². The molecule has 1 heterocycles. The van der Waals surface area contributed by atoms with Gasteiger partial charge < -0.3 is 15.2 Å². The molecule has 1 aromatic carbocycles. The van der Waals surface area contributed by atoms with Crippen LogP contribution in [0.1, 0.15) is 24.8 Å². The number of amides is 1. The number of hydrogen-bond donors (Lipinski definition) is 2. The van der Waals surface area contributed by atoms with E-state index >= 15 is 0 Å². The summed E-state index contributed by atoms with van der Waals surface area (Å²) in [4.78, 5) is 14.5. The molecule has 1 saturated heterocycles. The van der Waals surface area contributed by atoms with Crippen LogP contribution in [0.2, 0.25) is 0 Å². The van der Waals surface area contributed by atoms with Crippen molar-refractivity contribution in [3.05, 3.63) is 29.8 Å². The van der Waals surface area contributed by atoms with E-state index in [2.05, 4.69) is 16.3 Å². The first-order valence-corrected chi connectivity index (χ1v) is 8.46. The summed E-state index contributed by atoms with van der Waals surface area (Å²) in [5.41, 5.74) is 1.14. The molecule has 0 aromatic heterocycles. The van der Waals surface area contributed by atoms with Crippen LogP contribution < -0.4 is 10.1 Å². The third kappa shape index (κ3) is 3.67. The van der Waals surface area contributed by atoms with E-state index in [0.29, 0.717) is 0 Å². The Hall–Kier alpha value is -1.59. The second-order valence-electron chi connectivity index (χ2n) is 6.69. The van der Waals surface area contributed by atoms with Crippen molar-refractivity contribution in [2.75, 3.05) is 26.8 Å². The molecule has 5 heteroatoms. The van der Waals surface area contributed by atoms with Crippen molar-refractivity contribution < 1.29 is 14.6 Å². The van der Waals surface area contributed by atoms with Crippen molar-refractivity contribution in [2.24, 2.45) is 11.8 Å². The molecule has 3 rings (SSSR count). The highest BCUT2D eigenvalue weighted by atomic mass is 16.5. The molecule has 2 N–H and O–H groups in total. The zero-order chi connectivity index (χ0) is 16.2. The molecule has 2 fully saturated rings. The van der Waals surface area contributed by atoms with Crippen LogP contribution in [0.3, 0.4) is 0 Å². The molecule has 2 aliphatic rings. The lowest BCUT2D eigenvalue weighted by Gasteiger charge is -2.27. The molecule has 126 valence electrons. The number of carbonyl (C=O) groups excluding carboxylic acids is 1. The Morgan fingerprint density at radius 2 is 2.13 bits per heavy atom. The molecule has 5 nitrogen and oxygen atoms in total.